The largest absolute Gasteiger partial charge is 0.396 e. The molecular formula is C14H24N2O5. The molecule has 3 N–H and O–H groups in total. The number of aryl methyl sites for hydroxylation is 1. The van der Waals surface area contributed by atoms with Gasteiger partial charge in [0.05, 0.1) is 0 Å². The molecule has 7 nitrogen and oxygen atoms in total. The van der Waals surface area contributed by atoms with E-state index in [4.69, 9.17) is 4.74 Å². The van der Waals surface area contributed by atoms with Crippen LogP contribution >= 0.6 is 0 Å². The molecule has 0 fully saturated rings. The third-order valence-corrected chi connectivity index (χ3v) is 4.19. The third kappa shape index (κ3) is 3.81. The van der Waals surface area contributed by atoms with Crippen molar-refractivity contribution in [3.8, 4) is 0 Å². The highest BCUT2D eigenvalue weighted by molar-refractivity contribution is 5.01. The van der Waals surface area contributed by atoms with E-state index in [1.54, 1.807) is 6.92 Å². The summed E-state index contributed by atoms with van der Waals surface area (Å²) in [5.74, 6) is -0.167. The van der Waals surface area contributed by atoms with E-state index in [0.717, 1.165) is 0 Å². The van der Waals surface area contributed by atoms with Gasteiger partial charge in [0.25, 0.3) is 5.56 Å². The van der Waals surface area contributed by atoms with Crippen LogP contribution in [0.15, 0.2) is 15.8 Å². The number of ether oxygens (including phenoxy) is 1. The first kappa shape index (κ1) is 17.6. The molecule has 0 spiro atoms. The number of aliphatic hydroxyl groups excluding tert-OH is 2. The SMILES string of the molecule is COC(C[C@@](C)(CO)C(C)CO)n1cc(C)c(=O)[nH]c1=O. The van der Waals surface area contributed by atoms with Crippen molar-refractivity contribution in [3.05, 3.63) is 32.6 Å². The quantitative estimate of drug-likeness (QED) is 0.658. The Balaban J connectivity index is 3.17. The fourth-order valence-corrected chi connectivity index (χ4v) is 2.14. The minimum absolute atomic E-state index is 0.0763. The number of aromatic nitrogens is 2. The lowest BCUT2D eigenvalue weighted by Crippen LogP contribution is -2.39. The second kappa shape index (κ2) is 7.02. The normalized spacial score (nSPS) is 17.2. The van der Waals surface area contributed by atoms with Crippen molar-refractivity contribution in [1.82, 2.24) is 9.55 Å². The number of methoxy groups -OCH3 is 1. The second-order valence-corrected chi connectivity index (χ2v) is 5.77. The molecule has 1 heterocycles. The van der Waals surface area contributed by atoms with Crippen LogP contribution in [-0.2, 0) is 4.74 Å². The Morgan fingerprint density at radius 3 is 2.52 bits per heavy atom. The van der Waals surface area contributed by atoms with Gasteiger partial charge < -0.3 is 14.9 Å². The molecule has 0 amide bonds. The van der Waals surface area contributed by atoms with Gasteiger partial charge in [-0.15, -0.1) is 0 Å². The zero-order valence-corrected chi connectivity index (χ0v) is 12.9. The molecule has 0 saturated carbocycles. The van der Waals surface area contributed by atoms with Crippen LogP contribution in [0.1, 0.15) is 32.1 Å². The maximum absolute atomic E-state index is 11.9. The molecule has 0 aliphatic rings. The lowest BCUT2D eigenvalue weighted by molar-refractivity contribution is -0.0433. The van der Waals surface area contributed by atoms with Gasteiger partial charge in [-0.1, -0.05) is 13.8 Å². The van der Waals surface area contributed by atoms with E-state index in [1.807, 2.05) is 13.8 Å². The number of aromatic amines is 1. The van der Waals surface area contributed by atoms with Gasteiger partial charge in [0.2, 0.25) is 0 Å². The molecule has 21 heavy (non-hydrogen) atoms. The summed E-state index contributed by atoms with van der Waals surface area (Å²) in [6, 6.07) is 0. The first-order valence-corrected chi connectivity index (χ1v) is 6.85. The summed E-state index contributed by atoms with van der Waals surface area (Å²) in [4.78, 5) is 25.6. The Hall–Kier alpha value is -1.44. The molecule has 0 bridgehead atoms. The lowest BCUT2D eigenvalue weighted by Gasteiger charge is -2.36. The summed E-state index contributed by atoms with van der Waals surface area (Å²) >= 11 is 0. The molecule has 7 heteroatoms. The molecular weight excluding hydrogens is 276 g/mol. The van der Waals surface area contributed by atoms with Gasteiger partial charge in [0, 0.05) is 38.5 Å². The Labute approximate surface area is 123 Å². The first-order chi connectivity index (χ1) is 9.78. The zero-order chi connectivity index (χ0) is 16.2. The van der Waals surface area contributed by atoms with E-state index < -0.39 is 22.9 Å². The topological polar surface area (TPSA) is 105 Å². The van der Waals surface area contributed by atoms with Crippen molar-refractivity contribution in [2.24, 2.45) is 11.3 Å². The van der Waals surface area contributed by atoms with Crippen LogP contribution in [0, 0.1) is 18.3 Å². The maximum atomic E-state index is 11.9. The minimum atomic E-state index is -0.640. The third-order valence-electron chi connectivity index (χ3n) is 4.19. The predicted octanol–water partition coefficient (Wildman–Crippen LogP) is 0.00712. The van der Waals surface area contributed by atoms with E-state index >= 15 is 0 Å². The molecule has 0 saturated heterocycles. The maximum Gasteiger partial charge on any atom is 0.330 e. The summed E-state index contributed by atoms with van der Waals surface area (Å²) in [5, 5.41) is 19.0. The number of hydrogen-bond acceptors (Lipinski definition) is 5. The molecule has 1 rings (SSSR count). The average molecular weight is 300 g/mol. The molecule has 120 valence electrons. The van der Waals surface area contributed by atoms with Crippen LogP contribution in [0.4, 0.5) is 0 Å². The molecule has 0 radical (unpaired) electrons. The fourth-order valence-electron chi connectivity index (χ4n) is 2.14. The fraction of sp³-hybridized carbons (Fsp3) is 0.714. The number of nitrogens with zero attached hydrogens (tertiary/aromatic N) is 1. The van der Waals surface area contributed by atoms with E-state index in [9.17, 15) is 19.8 Å². The van der Waals surface area contributed by atoms with Crippen LogP contribution in [0.5, 0.6) is 0 Å². The number of rotatable bonds is 7. The summed E-state index contributed by atoms with van der Waals surface area (Å²) < 4.78 is 6.65. The van der Waals surface area contributed by atoms with E-state index in [2.05, 4.69) is 4.98 Å². The second-order valence-electron chi connectivity index (χ2n) is 5.77. The van der Waals surface area contributed by atoms with Crippen molar-refractivity contribution in [2.45, 2.75) is 33.4 Å². The van der Waals surface area contributed by atoms with Gasteiger partial charge in [-0.2, -0.15) is 0 Å². The predicted molar refractivity (Wildman–Crippen MR) is 78.2 cm³/mol. The van der Waals surface area contributed by atoms with Crippen molar-refractivity contribution >= 4 is 0 Å². The number of aliphatic hydroxyl groups is 2. The highest BCUT2D eigenvalue weighted by atomic mass is 16.5. The summed E-state index contributed by atoms with van der Waals surface area (Å²) in [6.07, 6.45) is 1.13. The average Bonchev–Trinajstić information content (AvgIpc) is 2.47. The molecule has 0 aromatic carbocycles. The Kier molecular flexibility index (Phi) is 5.88. The van der Waals surface area contributed by atoms with Crippen molar-refractivity contribution in [1.29, 1.82) is 0 Å². The van der Waals surface area contributed by atoms with Crippen molar-refractivity contribution in [3.63, 3.8) is 0 Å². The van der Waals surface area contributed by atoms with Gasteiger partial charge in [0.15, 0.2) is 0 Å². The lowest BCUT2D eigenvalue weighted by atomic mass is 9.76. The Morgan fingerprint density at radius 1 is 1.43 bits per heavy atom. The van der Waals surface area contributed by atoms with Crippen LogP contribution in [-0.4, -0.2) is 40.1 Å². The summed E-state index contributed by atoms with van der Waals surface area (Å²) in [6.45, 7) is 5.02. The smallest absolute Gasteiger partial charge is 0.330 e. The van der Waals surface area contributed by atoms with Crippen LogP contribution in [0.2, 0.25) is 0 Å². The Bertz CT molecular complexity index is 579. The molecule has 1 aromatic heterocycles. The van der Waals surface area contributed by atoms with E-state index in [0.29, 0.717) is 12.0 Å². The van der Waals surface area contributed by atoms with Gasteiger partial charge in [-0.05, 0) is 18.3 Å². The van der Waals surface area contributed by atoms with Gasteiger partial charge in [-0.25, -0.2) is 4.79 Å². The monoisotopic (exact) mass is 300 g/mol. The van der Waals surface area contributed by atoms with Crippen LogP contribution in [0.3, 0.4) is 0 Å². The van der Waals surface area contributed by atoms with E-state index in [1.165, 1.54) is 17.9 Å². The van der Waals surface area contributed by atoms with Crippen molar-refractivity contribution < 1.29 is 14.9 Å². The number of nitrogens with one attached hydrogen (secondary N) is 1. The standard InChI is InChI=1S/C14H24N2O5/c1-9-6-16(13(20)15-12(9)19)11(21-4)5-14(3,8-18)10(2)7-17/h6,10-11,17-18H,5,7-8H2,1-4H3,(H,15,19,20)/t10?,11?,14-/m0/s1. The summed E-state index contributed by atoms with van der Waals surface area (Å²) in [7, 11) is 1.46. The number of H-pyrrole nitrogens is 1. The van der Waals surface area contributed by atoms with Crippen molar-refractivity contribution in [2.75, 3.05) is 20.3 Å². The van der Waals surface area contributed by atoms with Gasteiger partial charge in [-0.3, -0.25) is 14.3 Å². The van der Waals surface area contributed by atoms with Crippen LogP contribution in [0.25, 0.3) is 0 Å². The molecule has 1 aromatic rings. The molecule has 0 aliphatic heterocycles. The molecule has 2 unspecified atom stereocenters. The molecule has 3 atom stereocenters. The highest BCUT2D eigenvalue weighted by Gasteiger charge is 2.34. The highest BCUT2D eigenvalue weighted by Crippen LogP contribution is 2.35. The molecule has 0 aliphatic carbocycles. The summed E-state index contributed by atoms with van der Waals surface area (Å²) in [5.41, 5.74) is -1.20. The number of hydrogen-bond donors (Lipinski definition) is 3. The Morgan fingerprint density at radius 2 is 2.05 bits per heavy atom. The van der Waals surface area contributed by atoms with E-state index in [-0.39, 0.29) is 19.1 Å². The zero-order valence-electron chi connectivity index (χ0n) is 12.9. The minimum Gasteiger partial charge on any atom is -0.396 e. The van der Waals surface area contributed by atoms with Gasteiger partial charge >= 0.3 is 5.69 Å². The first-order valence-electron chi connectivity index (χ1n) is 6.85. The van der Waals surface area contributed by atoms with Gasteiger partial charge in [0.1, 0.15) is 6.23 Å². The van der Waals surface area contributed by atoms with Crippen LogP contribution < -0.4 is 11.2 Å².